The van der Waals surface area contributed by atoms with Crippen molar-refractivity contribution in [3.05, 3.63) is 11.8 Å². The first kappa shape index (κ1) is 9.69. The fourth-order valence-corrected chi connectivity index (χ4v) is 1.98. The van der Waals surface area contributed by atoms with Crippen LogP contribution in [0.4, 0.5) is 5.82 Å². The highest BCUT2D eigenvalue weighted by Crippen LogP contribution is 2.35. The lowest BCUT2D eigenvalue weighted by atomic mass is 10.2. The van der Waals surface area contributed by atoms with E-state index in [1.54, 1.807) is 0 Å². The van der Waals surface area contributed by atoms with Crippen molar-refractivity contribution in [2.75, 3.05) is 12.3 Å². The number of nitrogens with two attached hydrogens (primary N) is 1. The Bertz CT molecular complexity index is 406. The van der Waals surface area contributed by atoms with Crippen LogP contribution in [0.25, 0.3) is 0 Å². The van der Waals surface area contributed by atoms with Gasteiger partial charge in [0.25, 0.3) is 5.91 Å². The van der Waals surface area contributed by atoms with Gasteiger partial charge in [-0.1, -0.05) is 0 Å². The van der Waals surface area contributed by atoms with Gasteiger partial charge in [-0.2, -0.15) is 5.10 Å². The summed E-state index contributed by atoms with van der Waals surface area (Å²) in [4.78, 5) is 14.2. The van der Waals surface area contributed by atoms with Crippen LogP contribution in [0.3, 0.4) is 0 Å². The number of rotatable bonds is 4. The maximum absolute atomic E-state index is 12.3. The smallest absolute Gasteiger partial charge is 0.259 e. The lowest BCUT2D eigenvalue weighted by Crippen LogP contribution is -2.35. The van der Waals surface area contributed by atoms with Crippen LogP contribution < -0.4 is 5.73 Å². The van der Waals surface area contributed by atoms with Crippen LogP contribution in [-0.2, 0) is 0 Å². The molecule has 0 radical (unpaired) electrons. The highest BCUT2D eigenvalue weighted by Gasteiger charge is 2.37. The first-order valence-electron chi connectivity index (χ1n) is 5.85. The van der Waals surface area contributed by atoms with E-state index < -0.39 is 0 Å². The Kier molecular flexibility index (Phi) is 2.12. The number of hydrogen-bond acceptors (Lipinski definition) is 3. The molecular formula is C11H16N4O. The second-order valence-corrected chi connectivity index (χ2v) is 4.83. The van der Waals surface area contributed by atoms with E-state index in [4.69, 9.17) is 5.73 Å². The van der Waals surface area contributed by atoms with E-state index in [0.717, 1.165) is 25.3 Å². The van der Waals surface area contributed by atoms with Gasteiger partial charge in [-0.25, -0.2) is 0 Å². The number of anilines is 1. The Morgan fingerprint density at radius 3 is 2.75 bits per heavy atom. The number of nitrogen functional groups attached to an aromatic ring is 1. The van der Waals surface area contributed by atoms with Crippen molar-refractivity contribution < 1.29 is 4.79 Å². The summed E-state index contributed by atoms with van der Waals surface area (Å²) in [7, 11) is 0. The van der Waals surface area contributed by atoms with E-state index in [9.17, 15) is 4.79 Å². The van der Waals surface area contributed by atoms with Gasteiger partial charge in [-0.05, 0) is 31.6 Å². The van der Waals surface area contributed by atoms with Gasteiger partial charge in [0.05, 0.1) is 6.20 Å². The van der Waals surface area contributed by atoms with Gasteiger partial charge in [-0.15, -0.1) is 0 Å². The third kappa shape index (κ3) is 1.77. The first-order valence-corrected chi connectivity index (χ1v) is 5.85. The molecule has 5 heteroatoms. The van der Waals surface area contributed by atoms with Gasteiger partial charge in [0.15, 0.2) is 0 Å². The molecule has 2 aliphatic carbocycles. The number of carbonyl (C=O) groups is 1. The summed E-state index contributed by atoms with van der Waals surface area (Å²) >= 11 is 0. The molecule has 0 aromatic carbocycles. The Morgan fingerprint density at radius 1 is 1.50 bits per heavy atom. The van der Waals surface area contributed by atoms with Gasteiger partial charge >= 0.3 is 0 Å². The molecule has 16 heavy (non-hydrogen) atoms. The number of aromatic nitrogens is 2. The molecule has 2 aliphatic rings. The van der Waals surface area contributed by atoms with Crippen molar-refractivity contribution in [1.82, 2.24) is 15.1 Å². The Hall–Kier alpha value is -1.52. The zero-order chi connectivity index (χ0) is 11.1. The minimum absolute atomic E-state index is 0.0423. The van der Waals surface area contributed by atoms with Crippen molar-refractivity contribution in [3.63, 3.8) is 0 Å². The van der Waals surface area contributed by atoms with Gasteiger partial charge in [0, 0.05) is 12.6 Å². The Balaban J connectivity index is 1.77. The second-order valence-electron chi connectivity index (χ2n) is 4.83. The molecule has 5 nitrogen and oxygen atoms in total. The number of hydrogen-bond donors (Lipinski definition) is 2. The summed E-state index contributed by atoms with van der Waals surface area (Å²) < 4.78 is 0. The topological polar surface area (TPSA) is 75.0 Å². The molecule has 2 saturated carbocycles. The summed E-state index contributed by atoms with van der Waals surface area (Å²) in [6.07, 6.45) is 6.32. The van der Waals surface area contributed by atoms with E-state index in [2.05, 4.69) is 10.2 Å². The molecule has 0 aliphatic heterocycles. The standard InChI is InChI=1S/C11H16N4O/c12-10-9(5-13-14-10)11(16)15(8-3-4-8)6-7-1-2-7/h5,7-8H,1-4,6H2,(H3,12,13,14). The highest BCUT2D eigenvalue weighted by molar-refractivity contribution is 5.98. The Morgan fingerprint density at radius 2 is 2.25 bits per heavy atom. The lowest BCUT2D eigenvalue weighted by molar-refractivity contribution is 0.0736. The quantitative estimate of drug-likeness (QED) is 0.795. The average Bonchev–Trinajstić information content (AvgIpc) is 3.14. The minimum Gasteiger partial charge on any atom is -0.383 e. The average molecular weight is 220 g/mol. The predicted octanol–water partition coefficient (Wildman–Crippen LogP) is 1.01. The van der Waals surface area contributed by atoms with Gasteiger partial charge in [0.1, 0.15) is 11.4 Å². The van der Waals surface area contributed by atoms with Gasteiger partial charge < -0.3 is 10.6 Å². The zero-order valence-electron chi connectivity index (χ0n) is 9.15. The SMILES string of the molecule is Nc1[nH]ncc1C(=O)N(CC1CC1)C1CC1. The van der Waals surface area contributed by atoms with Crippen LogP contribution >= 0.6 is 0 Å². The van der Waals surface area contributed by atoms with Crippen LogP contribution in [0.2, 0.25) is 0 Å². The Labute approximate surface area is 94.0 Å². The van der Waals surface area contributed by atoms with E-state index in [1.165, 1.54) is 19.0 Å². The highest BCUT2D eigenvalue weighted by atomic mass is 16.2. The van der Waals surface area contributed by atoms with Crippen LogP contribution in [0.1, 0.15) is 36.0 Å². The molecule has 86 valence electrons. The molecule has 3 N–H and O–H groups in total. The summed E-state index contributed by atoms with van der Waals surface area (Å²) in [6, 6.07) is 0.447. The van der Waals surface area contributed by atoms with Gasteiger partial charge in [0.2, 0.25) is 0 Å². The maximum atomic E-state index is 12.3. The summed E-state index contributed by atoms with van der Waals surface area (Å²) in [5.41, 5.74) is 6.20. The molecule has 1 heterocycles. The molecule has 1 aromatic heterocycles. The number of nitrogens with one attached hydrogen (secondary N) is 1. The van der Waals surface area contributed by atoms with E-state index in [0.29, 0.717) is 17.4 Å². The minimum atomic E-state index is 0.0423. The van der Waals surface area contributed by atoms with Crippen LogP contribution in [0.15, 0.2) is 6.20 Å². The zero-order valence-corrected chi connectivity index (χ0v) is 9.15. The van der Waals surface area contributed by atoms with Crippen molar-refractivity contribution in [2.45, 2.75) is 31.7 Å². The molecule has 1 amide bonds. The largest absolute Gasteiger partial charge is 0.383 e. The van der Waals surface area contributed by atoms with E-state index in [-0.39, 0.29) is 5.91 Å². The van der Waals surface area contributed by atoms with Crippen molar-refractivity contribution >= 4 is 11.7 Å². The first-order chi connectivity index (χ1) is 7.75. The molecular weight excluding hydrogens is 204 g/mol. The molecule has 0 bridgehead atoms. The third-order valence-electron chi connectivity index (χ3n) is 3.30. The van der Waals surface area contributed by atoms with E-state index in [1.807, 2.05) is 4.90 Å². The molecule has 0 unspecified atom stereocenters. The second kappa shape index (κ2) is 3.50. The number of nitrogens with zero attached hydrogens (tertiary/aromatic N) is 2. The molecule has 3 rings (SSSR count). The summed E-state index contributed by atoms with van der Waals surface area (Å²) in [5, 5.41) is 6.42. The monoisotopic (exact) mass is 220 g/mol. The predicted molar refractivity (Wildman–Crippen MR) is 59.8 cm³/mol. The molecule has 0 atom stereocenters. The molecule has 1 aromatic rings. The number of H-pyrrole nitrogens is 1. The van der Waals surface area contributed by atoms with Crippen molar-refractivity contribution in [3.8, 4) is 0 Å². The van der Waals surface area contributed by atoms with E-state index >= 15 is 0 Å². The summed E-state index contributed by atoms with van der Waals surface area (Å²) in [6.45, 7) is 0.897. The number of amides is 1. The summed E-state index contributed by atoms with van der Waals surface area (Å²) in [5.74, 6) is 1.14. The number of aromatic amines is 1. The van der Waals surface area contributed by atoms with Crippen molar-refractivity contribution in [2.24, 2.45) is 5.92 Å². The molecule has 2 fully saturated rings. The molecule has 0 saturated heterocycles. The maximum Gasteiger partial charge on any atom is 0.259 e. The van der Waals surface area contributed by atoms with Crippen LogP contribution in [-0.4, -0.2) is 33.6 Å². The molecule has 0 spiro atoms. The van der Waals surface area contributed by atoms with Crippen molar-refractivity contribution in [1.29, 1.82) is 0 Å². The lowest BCUT2D eigenvalue weighted by Gasteiger charge is -2.21. The number of carbonyl (C=O) groups excluding carboxylic acids is 1. The third-order valence-corrected chi connectivity index (χ3v) is 3.30. The fourth-order valence-electron chi connectivity index (χ4n) is 1.98. The van der Waals surface area contributed by atoms with Crippen LogP contribution in [0, 0.1) is 5.92 Å². The van der Waals surface area contributed by atoms with Crippen LogP contribution in [0.5, 0.6) is 0 Å². The van der Waals surface area contributed by atoms with Gasteiger partial charge in [-0.3, -0.25) is 9.89 Å². The fraction of sp³-hybridized carbons (Fsp3) is 0.636. The normalized spacial score (nSPS) is 19.8.